The first-order valence-electron chi connectivity index (χ1n) is 10.7. The summed E-state index contributed by atoms with van der Waals surface area (Å²) in [7, 11) is 0. The van der Waals surface area contributed by atoms with Crippen LogP contribution in [0.1, 0.15) is 60.5 Å². The minimum Gasteiger partial charge on any atom is -0.449 e. The third-order valence-corrected chi connectivity index (χ3v) is 7.32. The van der Waals surface area contributed by atoms with Crippen LogP contribution in [0.15, 0.2) is 24.5 Å². The van der Waals surface area contributed by atoms with Gasteiger partial charge in [-0.3, -0.25) is 4.79 Å². The molecular formula is C24H26N4O3S. The van der Waals surface area contributed by atoms with Crippen molar-refractivity contribution in [2.75, 3.05) is 5.32 Å². The van der Waals surface area contributed by atoms with Crippen molar-refractivity contribution in [3.63, 3.8) is 0 Å². The number of nitrogens with zero attached hydrogens (tertiary/aromatic N) is 2. The fourth-order valence-electron chi connectivity index (χ4n) is 4.09. The number of carbonyl (C=O) groups is 2. The molecule has 8 heteroatoms. The SMILES string of the molecule is CC(OC(=O)c1ccc2nc[nH]c2c1)C(=O)Nc1sc2c(c1C#N)CCC(C(C)(C)C)C2. The molecule has 2 aromatic heterocycles. The number of hydrogen-bond acceptors (Lipinski definition) is 6. The lowest BCUT2D eigenvalue weighted by molar-refractivity contribution is -0.123. The van der Waals surface area contributed by atoms with Gasteiger partial charge >= 0.3 is 5.97 Å². The zero-order valence-corrected chi connectivity index (χ0v) is 19.4. The zero-order chi connectivity index (χ0) is 23.0. The van der Waals surface area contributed by atoms with E-state index < -0.39 is 18.0 Å². The van der Waals surface area contributed by atoms with Gasteiger partial charge in [0.1, 0.15) is 11.1 Å². The van der Waals surface area contributed by atoms with Gasteiger partial charge in [0.15, 0.2) is 6.10 Å². The van der Waals surface area contributed by atoms with Gasteiger partial charge in [-0.1, -0.05) is 20.8 Å². The van der Waals surface area contributed by atoms with Gasteiger partial charge in [-0.25, -0.2) is 9.78 Å². The van der Waals surface area contributed by atoms with Gasteiger partial charge in [0, 0.05) is 4.88 Å². The molecular weight excluding hydrogens is 424 g/mol. The molecule has 2 atom stereocenters. The Morgan fingerprint density at radius 3 is 2.88 bits per heavy atom. The summed E-state index contributed by atoms with van der Waals surface area (Å²) in [5, 5.41) is 13.1. The predicted octanol–water partition coefficient (Wildman–Crippen LogP) is 4.83. The smallest absolute Gasteiger partial charge is 0.338 e. The molecule has 1 aliphatic rings. The van der Waals surface area contributed by atoms with E-state index in [0.29, 0.717) is 27.6 Å². The molecule has 0 radical (unpaired) electrons. The monoisotopic (exact) mass is 450 g/mol. The van der Waals surface area contributed by atoms with Crippen molar-refractivity contribution in [1.29, 1.82) is 5.26 Å². The van der Waals surface area contributed by atoms with E-state index >= 15 is 0 Å². The van der Waals surface area contributed by atoms with E-state index in [0.717, 1.165) is 30.3 Å². The molecule has 1 aliphatic carbocycles. The molecule has 2 unspecified atom stereocenters. The molecule has 1 aromatic carbocycles. The van der Waals surface area contributed by atoms with Crippen LogP contribution < -0.4 is 5.32 Å². The quantitative estimate of drug-likeness (QED) is 0.554. The van der Waals surface area contributed by atoms with E-state index in [4.69, 9.17) is 4.74 Å². The number of anilines is 1. The largest absolute Gasteiger partial charge is 0.449 e. The fourth-order valence-corrected chi connectivity index (χ4v) is 5.37. The Morgan fingerprint density at radius 1 is 1.38 bits per heavy atom. The number of nitriles is 1. The van der Waals surface area contributed by atoms with Gasteiger partial charge in [-0.2, -0.15) is 5.26 Å². The standard InChI is InChI=1S/C24H26N4O3S/c1-13(31-23(30)14-5-8-18-19(9-14)27-12-26-18)21(29)28-22-17(11-25)16-7-6-15(24(2,3)4)10-20(16)32-22/h5,8-9,12-13,15H,6-7,10H2,1-4H3,(H,26,27)(H,28,29). The Hall–Kier alpha value is -3.18. The molecule has 0 saturated carbocycles. The van der Waals surface area contributed by atoms with Crippen LogP contribution in [-0.4, -0.2) is 27.9 Å². The number of benzene rings is 1. The van der Waals surface area contributed by atoms with Gasteiger partial charge in [-0.05, 0) is 61.3 Å². The number of amides is 1. The van der Waals surface area contributed by atoms with Crippen molar-refractivity contribution >= 4 is 39.2 Å². The highest BCUT2D eigenvalue weighted by molar-refractivity contribution is 7.16. The molecule has 4 rings (SSSR count). The number of nitrogens with one attached hydrogen (secondary N) is 2. The van der Waals surface area contributed by atoms with Crippen LogP contribution in [0.5, 0.6) is 0 Å². The van der Waals surface area contributed by atoms with Crippen LogP contribution in [0.25, 0.3) is 11.0 Å². The minimum atomic E-state index is -1.01. The molecule has 0 saturated heterocycles. The number of carbonyl (C=O) groups excluding carboxylic acids is 2. The van der Waals surface area contributed by atoms with E-state index in [1.807, 2.05) is 0 Å². The molecule has 0 spiro atoms. The summed E-state index contributed by atoms with van der Waals surface area (Å²) in [6, 6.07) is 7.23. The molecule has 3 aromatic rings. The maximum atomic E-state index is 12.7. The fraction of sp³-hybridized carbons (Fsp3) is 0.417. The number of thiophene rings is 1. The van der Waals surface area contributed by atoms with Gasteiger partial charge in [0.05, 0.1) is 28.5 Å². The Balaban J connectivity index is 1.46. The number of imidazole rings is 1. The number of esters is 1. The number of fused-ring (bicyclic) bond motifs is 2. The number of hydrogen-bond donors (Lipinski definition) is 2. The third-order valence-electron chi connectivity index (χ3n) is 6.15. The highest BCUT2D eigenvalue weighted by Gasteiger charge is 2.33. The second kappa shape index (κ2) is 8.40. The topological polar surface area (TPSA) is 108 Å². The predicted molar refractivity (Wildman–Crippen MR) is 124 cm³/mol. The maximum Gasteiger partial charge on any atom is 0.338 e. The average Bonchev–Trinajstić information content (AvgIpc) is 3.35. The van der Waals surface area contributed by atoms with Gasteiger partial charge in [-0.15, -0.1) is 11.3 Å². The summed E-state index contributed by atoms with van der Waals surface area (Å²) in [6.45, 7) is 8.25. The average molecular weight is 451 g/mol. The zero-order valence-electron chi connectivity index (χ0n) is 18.6. The van der Waals surface area contributed by atoms with Crippen molar-refractivity contribution in [3.05, 3.63) is 46.1 Å². The summed E-state index contributed by atoms with van der Waals surface area (Å²) in [6.07, 6.45) is 3.33. The summed E-state index contributed by atoms with van der Waals surface area (Å²) in [4.78, 5) is 33.5. The third kappa shape index (κ3) is 4.26. The summed E-state index contributed by atoms with van der Waals surface area (Å²) >= 11 is 1.46. The van der Waals surface area contributed by atoms with Crippen LogP contribution in [-0.2, 0) is 22.4 Å². The second-order valence-electron chi connectivity index (χ2n) is 9.30. The number of aromatic nitrogens is 2. The Bertz CT molecular complexity index is 1230. The highest BCUT2D eigenvalue weighted by Crippen LogP contribution is 2.44. The number of ether oxygens (including phenoxy) is 1. The minimum absolute atomic E-state index is 0.194. The maximum absolute atomic E-state index is 12.7. The lowest BCUT2D eigenvalue weighted by Gasteiger charge is -2.33. The highest BCUT2D eigenvalue weighted by atomic mass is 32.1. The summed E-state index contributed by atoms with van der Waals surface area (Å²) in [5.41, 5.74) is 3.57. The Kier molecular flexibility index (Phi) is 5.78. The summed E-state index contributed by atoms with van der Waals surface area (Å²) < 4.78 is 5.37. The van der Waals surface area contributed by atoms with Gasteiger partial charge in [0.25, 0.3) is 5.91 Å². The van der Waals surface area contributed by atoms with Crippen LogP contribution >= 0.6 is 11.3 Å². The molecule has 7 nitrogen and oxygen atoms in total. The van der Waals surface area contributed by atoms with Crippen molar-refractivity contribution in [3.8, 4) is 6.07 Å². The first-order chi connectivity index (χ1) is 15.2. The van der Waals surface area contributed by atoms with E-state index in [9.17, 15) is 14.9 Å². The molecule has 0 fully saturated rings. The van der Waals surface area contributed by atoms with E-state index in [-0.39, 0.29) is 5.41 Å². The molecule has 166 valence electrons. The Labute approximate surface area is 190 Å². The molecule has 2 heterocycles. The van der Waals surface area contributed by atoms with Crippen molar-refractivity contribution in [2.24, 2.45) is 11.3 Å². The lowest BCUT2D eigenvalue weighted by Crippen LogP contribution is -2.30. The van der Waals surface area contributed by atoms with E-state index in [1.54, 1.807) is 24.5 Å². The molecule has 0 bridgehead atoms. The summed E-state index contributed by atoms with van der Waals surface area (Å²) in [5.74, 6) is -0.512. The van der Waals surface area contributed by atoms with E-state index in [2.05, 4.69) is 42.1 Å². The van der Waals surface area contributed by atoms with Crippen LogP contribution in [0.3, 0.4) is 0 Å². The normalized spacial score (nSPS) is 16.8. The van der Waals surface area contributed by atoms with Crippen LogP contribution in [0.2, 0.25) is 0 Å². The van der Waals surface area contributed by atoms with Crippen molar-refractivity contribution < 1.29 is 14.3 Å². The van der Waals surface area contributed by atoms with Crippen LogP contribution in [0.4, 0.5) is 5.00 Å². The molecule has 32 heavy (non-hydrogen) atoms. The van der Waals surface area contributed by atoms with Gasteiger partial charge in [0.2, 0.25) is 0 Å². The Morgan fingerprint density at radius 2 is 2.16 bits per heavy atom. The molecule has 0 aliphatic heterocycles. The molecule has 2 N–H and O–H groups in total. The number of H-pyrrole nitrogens is 1. The number of rotatable bonds is 4. The number of aromatic amines is 1. The van der Waals surface area contributed by atoms with Crippen molar-refractivity contribution in [1.82, 2.24) is 9.97 Å². The van der Waals surface area contributed by atoms with Crippen LogP contribution in [0, 0.1) is 22.7 Å². The van der Waals surface area contributed by atoms with E-state index in [1.165, 1.54) is 23.1 Å². The van der Waals surface area contributed by atoms with Gasteiger partial charge < -0.3 is 15.0 Å². The molecule has 1 amide bonds. The van der Waals surface area contributed by atoms with Crippen molar-refractivity contribution in [2.45, 2.75) is 53.1 Å². The first-order valence-corrected chi connectivity index (χ1v) is 11.5. The first kappa shape index (κ1) is 22.0. The lowest BCUT2D eigenvalue weighted by atomic mass is 9.72. The second-order valence-corrected chi connectivity index (χ2v) is 10.4.